The van der Waals surface area contributed by atoms with E-state index in [1.807, 2.05) is 4.68 Å². The highest BCUT2D eigenvalue weighted by Gasteiger charge is 2.27. The van der Waals surface area contributed by atoms with E-state index in [1.165, 1.54) is 5.56 Å². The summed E-state index contributed by atoms with van der Waals surface area (Å²) in [4.78, 5) is 7.00. The molecule has 0 radical (unpaired) electrons. The molecule has 3 aromatic rings. The first-order valence-corrected chi connectivity index (χ1v) is 9.32. The summed E-state index contributed by atoms with van der Waals surface area (Å²) in [5.41, 5.74) is 2.43. The van der Waals surface area contributed by atoms with Crippen molar-refractivity contribution in [3.8, 4) is 0 Å². The number of likely N-dealkylation sites (tertiary alicyclic amines) is 1. The fourth-order valence-corrected chi connectivity index (χ4v) is 3.50. The summed E-state index contributed by atoms with van der Waals surface area (Å²) in [5.74, 6) is 2.10. The van der Waals surface area contributed by atoms with Crippen molar-refractivity contribution >= 4 is 0 Å². The second-order valence-electron chi connectivity index (χ2n) is 7.00. The molecule has 0 aliphatic carbocycles. The van der Waals surface area contributed by atoms with Gasteiger partial charge in [0.25, 0.3) is 0 Å². The van der Waals surface area contributed by atoms with Crippen LogP contribution >= 0.6 is 0 Å². The Hall–Kier alpha value is -2.54. The van der Waals surface area contributed by atoms with Crippen molar-refractivity contribution in [3.63, 3.8) is 0 Å². The van der Waals surface area contributed by atoms with E-state index in [2.05, 4.69) is 80.8 Å². The van der Waals surface area contributed by atoms with Gasteiger partial charge in [0, 0.05) is 31.6 Å². The van der Waals surface area contributed by atoms with Crippen LogP contribution in [0.4, 0.5) is 0 Å². The molecule has 136 valence electrons. The van der Waals surface area contributed by atoms with Gasteiger partial charge in [-0.05, 0) is 25.5 Å². The number of aryl methyl sites for hydroxylation is 1. The van der Waals surface area contributed by atoms with Crippen molar-refractivity contribution in [3.05, 3.63) is 59.4 Å². The van der Waals surface area contributed by atoms with Crippen LogP contribution in [0, 0.1) is 0 Å². The Morgan fingerprint density at radius 1 is 1.27 bits per heavy atom. The van der Waals surface area contributed by atoms with Crippen molar-refractivity contribution in [1.29, 1.82) is 0 Å². The summed E-state index contributed by atoms with van der Waals surface area (Å²) in [6.07, 6.45) is 4.03. The summed E-state index contributed by atoms with van der Waals surface area (Å²) >= 11 is 0. The van der Waals surface area contributed by atoms with Crippen LogP contribution in [0.15, 0.2) is 36.5 Å². The largest absolute Gasteiger partial charge is 0.298 e. The van der Waals surface area contributed by atoms with E-state index in [9.17, 15) is 0 Å². The molecule has 2 unspecified atom stereocenters. The van der Waals surface area contributed by atoms with Gasteiger partial charge in [-0.1, -0.05) is 42.5 Å². The van der Waals surface area contributed by atoms with Crippen molar-refractivity contribution in [2.75, 3.05) is 13.1 Å². The fourth-order valence-electron chi connectivity index (χ4n) is 3.50. The summed E-state index contributed by atoms with van der Waals surface area (Å²) in [5, 5.41) is 16.0. The molecule has 1 N–H and O–H groups in total. The zero-order valence-corrected chi connectivity index (χ0v) is 15.3. The lowest BCUT2D eigenvalue weighted by Gasteiger charge is -2.15. The van der Waals surface area contributed by atoms with Gasteiger partial charge in [0.1, 0.15) is 11.9 Å². The average molecular weight is 351 g/mol. The van der Waals surface area contributed by atoms with E-state index >= 15 is 0 Å². The van der Waals surface area contributed by atoms with E-state index in [4.69, 9.17) is 0 Å². The third kappa shape index (κ3) is 3.53. The van der Waals surface area contributed by atoms with Crippen LogP contribution in [0.2, 0.25) is 0 Å². The predicted molar refractivity (Wildman–Crippen MR) is 98.7 cm³/mol. The van der Waals surface area contributed by atoms with E-state index in [-0.39, 0.29) is 6.04 Å². The molecule has 2 aromatic heterocycles. The Morgan fingerprint density at radius 3 is 2.88 bits per heavy atom. The normalized spacial score (nSPS) is 19.1. The minimum absolute atomic E-state index is 0.0189. The molecule has 0 spiro atoms. The first-order chi connectivity index (χ1) is 12.7. The van der Waals surface area contributed by atoms with E-state index in [0.717, 1.165) is 49.8 Å². The van der Waals surface area contributed by atoms with Gasteiger partial charge in [0.05, 0.1) is 5.69 Å². The Morgan fingerprint density at radius 2 is 2.12 bits per heavy atom. The summed E-state index contributed by atoms with van der Waals surface area (Å²) in [6, 6.07) is 10.6. The van der Waals surface area contributed by atoms with Crippen molar-refractivity contribution < 1.29 is 0 Å². The molecule has 4 rings (SSSR count). The summed E-state index contributed by atoms with van der Waals surface area (Å²) in [7, 11) is 0. The zero-order valence-electron chi connectivity index (χ0n) is 15.3. The number of nitrogens with one attached hydrogen (secondary N) is 1. The number of benzene rings is 1. The molecule has 0 bridgehead atoms. The van der Waals surface area contributed by atoms with Gasteiger partial charge in [0.2, 0.25) is 0 Å². The van der Waals surface area contributed by atoms with Crippen molar-refractivity contribution in [1.82, 2.24) is 35.1 Å². The van der Waals surface area contributed by atoms with E-state index < -0.39 is 0 Å². The van der Waals surface area contributed by atoms with Gasteiger partial charge >= 0.3 is 0 Å². The SMILES string of the molecule is CCc1nc(C(C)n2cc(C3CCN(Cc4ccccc4)C3)nn2)n[nH]1. The third-order valence-corrected chi connectivity index (χ3v) is 5.12. The molecule has 1 fully saturated rings. The van der Waals surface area contributed by atoms with Crippen LogP contribution in [0.25, 0.3) is 0 Å². The van der Waals surface area contributed by atoms with Gasteiger partial charge < -0.3 is 0 Å². The summed E-state index contributed by atoms with van der Waals surface area (Å²) in [6.45, 7) is 7.24. The van der Waals surface area contributed by atoms with E-state index in [0.29, 0.717) is 5.92 Å². The Kier molecular flexibility index (Phi) is 4.79. The number of hydrogen-bond acceptors (Lipinski definition) is 5. The van der Waals surface area contributed by atoms with Crippen LogP contribution in [-0.2, 0) is 13.0 Å². The maximum absolute atomic E-state index is 4.51. The van der Waals surface area contributed by atoms with Gasteiger partial charge in [-0.15, -0.1) is 5.10 Å². The fraction of sp³-hybridized carbons (Fsp3) is 0.474. The lowest BCUT2D eigenvalue weighted by molar-refractivity contribution is 0.326. The Bertz CT molecular complexity index is 838. The van der Waals surface area contributed by atoms with Gasteiger partial charge in [-0.2, -0.15) is 5.10 Å². The maximum atomic E-state index is 4.51. The Labute approximate surface area is 153 Å². The molecule has 7 heteroatoms. The standard InChI is InChI=1S/C19H25N7/c1-3-18-20-19(23-22-18)14(2)26-13-17(21-24-26)16-9-10-25(12-16)11-15-7-5-4-6-8-15/h4-8,13-14,16H,3,9-12H2,1-2H3,(H,20,22,23). The highest BCUT2D eigenvalue weighted by molar-refractivity contribution is 5.15. The second kappa shape index (κ2) is 7.37. The van der Waals surface area contributed by atoms with Crippen molar-refractivity contribution in [2.24, 2.45) is 0 Å². The van der Waals surface area contributed by atoms with Crippen LogP contribution in [0.3, 0.4) is 0 Å². The topological polar surface area (TPSA) is 75.5 Å². The van der Waals surface area contributed by atoms with E-state index in [1.54, 1.807) is 0 Å². The molecule has 1 aromatic carbocycles. The Balaban J connectivity index is 1.40. The zero-order chi connectivity index (χ0) is 17.9. The molecule has 0 amide bonds. The minimum atomic E-state index is -0.0189. The lowest BCUT2D eigenvalue weighted by Crippen LogP contribution is -2.19. The average Bonchev–Trinajstić information content (AvgIpc) is 3.42. The number of aromatic amines is 1. The first-order valence-electron chi connectivity index (χ1n) is 9.32. The number of nitrogens with zero attached hydrogens (tertiary/aromatic N) is 6. The number of rotatable bonds is 6. The second-order valence-corrected chi connectivity index (χ2v) is 7.00. The van der Waals surface area contributed by atoms with Crippen LogP contribution < -0.4 is 0 Å². The highest BCUT2D eigenvalue weighted by atomic mass is 15.4. The third-order valence-electron chi connectivity index (χ3n) is 5.12. The van der Waals surface area contributed by atoms with Crippen LogP contribution in [0.1, 0.15) is 55.1 Å². The van der Waals surface area contributed by atoms with Gasteiger partial charge in [-0.25, -0.2) is 9.67 Å². The monoisotopic (exact) mass is 351 g/mol. The molecule has 1 aliphatic heterocycles. The van der Waals surface area contributed by atoms with Crippen LogP contribution in [0.5, 0.6) is 0 Å². The quantitative estimate of drug-likeness (QED) is 0.739. The summed E-state index contributed by atoms with van der Waals surface area (Å²) < 4.78 is 1.87. The molecular weight excluding hydrogens is 326 g/mol. The van der Waals surface area contributed by atoms with Crippen molar-refractivity contribution in [2.45, 2.75) is 45.2 Å². The molecule has 0 saturated carbocycles. The lowest BCUT2D eigenvalue weighted by atomic mass is 10.1. The molecule has 3 heterocycles. The highest BCUT2D eigenvalue weighted by Crippen LogP contribution is 2.27. The number of aromatic nitrogens is 6. The van der Waals surface area contributed by atoms with Gasteiger partial charge in [-0.3, -0.25) is 10.00 Å². The van der Waals surface area contributed by atoms with Crippen LogP contribution in [-0.4, -0.2) is 48.2 Å². The number of hydrogen-bond donors (Lipinski definition) is 1. The molecule has 26 heavy (non-hydrogen) atoms. The minimum Gasteiger partial charge on any atom is -0.298 e. The molecule has 7 nitrogen and oxygen atoms in total. The molecule has 2 atom stereocenters. The number of H-pyrrole nitrogens is 1. The molecule has 1 saturated heterocycles. The predicted octanol–water partition coefficient (Wildman–Crippen LogP) is 2.56. The maximum Gasteiger partial charge on any atom is 0.174 e. The molecule has 1 aliphatic rings. The molecular formula is C19H25N7. The first kappa shape index (κ1) is 16.9. The smallest absolute Gasteiger partial charge is 0.174 e. The van der Waals surface area contributed by atoms with Gasteiger partial charge in [0.15, 0.2) is 5.82 Å².